The zero-order valence-electron chi connectivity index (χ0n) is 11.6. The lowest BCUT2D eigenvalue weighted by Crippen LogP contribution is -2.14. The van der Waals surface area contributed by atoms with Gasteiger partial charge in [-0.05, 0) is 29.8 Å². The molecule has 0 amide bonds. The summed E-state index contributed by atoms with van der Waals surface area (Å²) < 4.78 is 6.57. The Labute approximate surface area is 121 Å². The van der Waals surface area contributed by atoms with Crippen molar-refractivity contribution in [3.63, 3.8) is 0 Å². The van der Waals surface area contributed by atoms with E-state index in [0.29, 0.717) is 12.2 Å². The molecule has 1 N–H and O–H groups in total. The fourth-order valence-corrected chi connectivity index (χ4v) is 2.15. The van der Waals surface area contributed by atoms with E-state index in [2.05, 4.69) is 10.1 Å². The highest BCUT2D eigenvalue weighted by atomic mass is 16.5. The van der Waals surface area contributed by atoms with E-state index in [1.54, 1.807) is 25.4 Å². The number of hydrogen-bond donors (Lipinski definition) is 1. The minimum Gasteiger partial charge on any atom is -0.497 e. The first-order chi connectivity index (χ1) is 10.3. The van der Waals surface area contributed by atoms with Gasteiger partial charge in [0.25, 0.3) is 5.56 Å². The van der Waals surface area contributed by atoms with Gasteiger partial charge < -0.3 is 4.74 Å². The monoisotopic (exact) mass is 281 g/mol. The maximum atomic E-state index is 12.0. The molecule has 0 fully saturated rings. The van der Waals surface area contributed by atoms with Crippen molar-refractivity contribution in [1.29, 1.82) is 0 Å². The van der Waals surface area contributed by atoms with E-state index in [-0.39, 0.29) is 5.56 Å². The number of nitrogens with one attached hydrogen (secondary N) is 1. The average Bonchev–Trinajstić information content (AvgIpc) is 2.89. The number of H-pyrrole nitrogens is 1. The largest absolute Gasteiger partial charge is 0.497 e. The summed E-state index contributed by atoms with van der Waals surface area (Å²) in [5.41, 5.74) is 1.83. The molecule has 106 valence electrons. The quantitative estimate of drug-likeness (QED) is 0.797. The zero-order valence-corrected chi connectivity index (χ0v) is 11.6. The summed E-state index contributed by atoms with van der Waals surface area (Å²) in [6, 6.07) is 14.8. The molecular formula is C16H15N3O2. The molecular weight excluding hydrogens is 266 g/mol. The first kappa shape index (κ1) is 13.2. The molecule has 0 unspecified atom stereocenters. The minimum atomic E-state index is -0.114. The van der Waals surface area contributed by atoms with Gasteiger partial charge in [-0.3, -0.25) is 9.89 Å². The molecule has 0 atom stereocenters. The van der Waals surface area contributed by atoms with E-state index in [9.17, 15) is 4.79 Å². The normalized spacial score (nSPS) is 10.5. The highest BCUT2D eigenvalue weighted by molar-refractivity contribution is 5.30. The van der Waals surface area contributed by atoms with Gasteiger partial charge in [0.1, 0.15) is 5.75 Å². The molecule has 0 radical (unpaired) electrons. The summed E-state index contributed by atoms with van der Waals surface area (Å²) in [6.45, 7) is 0. The predicted molar refractivity (Wildman–Crippen MR) is 80.0 cm³/mol. The average molecular weight is 281 g/mol. The van der Waals surface area contributed by atoms with Gasteiger partial charge in [0, 0.05) is 24.4 Å². The molecule has 0 spiro atoms. The number of benzene rings is 1. The number of ether oxygens (including phenoxy) is 1. The Kier molecular flexibility index (Phi) is 3.55. The Morgan fingerprint density at radius 1 is 1.19 bits per heavy atom. The maximum Gasteiger partial charge on any atom is 0.272 e. The van der Waals surface area contributed by atoms with Crippen LogP contribution in [-0.4, -0.2) is 21.9 Å². The van der Waals surface area contributed by atoms with Crippen molar-refractivity contribution >= 4 is 0 Å². The lowest BCUT2D eigenvalue weighted by molar-refractivity contribution is 0.414. The Morgan fingerprint density at radius 2 is 2.00 bits per heavy atom. The van der Waals surface area contributed by atoms with Crippen LogP contribution in [0.2, 0.25) is 0 Å². The third-order valence-corrected chi connectivity index (χ3v) is 3.21. The lowest BCUT2D eigenvalue weighted by Gasteiger charge is -2.03. The Morgan fingerprint density at radius 3 is 2.67 bits per heavy atom. The number of aromatic nitrogens is 3. The topological polar surface area (TPSA) is 59.9 Å². The van der Waals surface area contributed by atoms with Crippen LogP contribution < -0.4 is 10.3 Å². The smallest absolute Gasteiger partial charge is 0.272 e. The Bertz CT molecular complexity index is 773. The molecule has 21 heavy (non-hydrogen) atoms. The molecule has 2 aromatic heterocycles. The van der Waals surface area contributed by atoms with Crippen LogP contribution in [0.3, 0.4) is 0 Å². The van der Waals surface area contributed by atoms with E-state index in [1.165, 1.54) is 4.68 Å². The van der Waals surface area contributed by atoms with Crippen molar-refractivity contribution in [3.05, 3.63) is 76.3 Å². The van der Waals surface area contributed by atoms with Crippen LogP contribution >= 0.6 is 0 Å². The fraction of sp³-hybridized carbons (Fsp3) is 0.125. The highest BCUT2D eigenvalue weighted by Gasteiger charge is 2.06. The van der Waals surface area contributed by atoms with Crippen molar-refractivity contribution in [1.82, 2.24) is 14.8 Å². The highest BCUT2D eigenvalue weighted by Crippen LogP contribution is 2.13. The molecule has 0 aliphatic carbocycles. The van der Waals surface area contributed by atoms with Crippen molar-refractivity contribution in [3.8, 4) is 11.6 Å². The van der Waals surface area contributed by atoms with E-state index >= 15 is 0 Å². The number of methoxy groups -OCH3 is 1. The molecule has 0 aliphatic heterocycles. The minimum absolute atomic E-state index is 0.114. The Hall–Kier alpha value is -2.82. The van der Waals surface area contributed by atoms with Crippen molar-refractivity contribution in [2.45, 2.75) is 6.42 Å². The van der Waals surface area contributed by atoms with Crippen LogP contribution in [0.4, 0.5) is 0 Å². The predicted octanol–water partition coefficient (Wildman–Crippen LogP) is 2.16. The number of rotatable bonds is 4. The summed E-state index contributed by atoms with van der Waals surface area (Å²) in [4.78, 5) is 16.2. The number of pyridine rings is 1. The van der Waals surface area contributed by atoms with Crippen molar-refractivity contribution < 1.29 is 4.74 Å². The third-order valence-electron chi connectivity index (χ3n) is 3.21. The molecule has 0 saturated heterocycles. The number of hydrogen-bond acceptors (Lipinski definition) is 3. The van der Waals surface area contributed by atoms with E-state index < -0.39 is 0 Å². The lowest BCUT2D eigenvalue weighted by atomic mass is 10.1. The van der Waals surface area contributed by atoms with Crippen LogP contribution in [0.1, 0.15) is 11.3 Å². The van der Waals surface area contributed by atoms with E-state index in [0.717, 1.165) is 17.0 Å². The van der Waals surface area contributed by atoms with Crippen LogP contribution in [0, 0.1) is 0 Å². The van der Waals surface area contributed by atoms with Crippen molar-refractivity contribution in [2.24, 2.45) is 0 Å². The summed E-state index contributed by atoms with van der Waals surface area (Å²) >= 11 is 0. The summed E-state index contributed by atoms with van der Waals surface area (Å²) in [6.07, 6.45) is 2.31. The van der Waals surface area contributed by atoms with Crippen LogP contribution in [0.5, 0.6) is 5.75 Å². The molecule has 3 rings (SSSR count). The van der Waals surface area contributed by atoms with Crippen LogP contribution in [0.15, 0.2) is 59.5 Å². The van der Waals surface area contributed by atoms with E-state index in [1.807, 2.05) is 36.4 Å². The molecule has 3 aromatic rings. The summed E-state index contributed by atoms with van der Waals surface area (Å²) in [7, 11) is 1.64. The summed E-state index contributed by atoms with van der Waals surface area (Å²) in [5.74, 6) is 1.40. The molecule has 0 bridgehead atoms. The second-order valence-corrected chi connectivity index (χ2v) is 4.67. The van der Waals surface area contributed by atoms with Crippen LogP contribution in [-0.2, 0) is 6.42 Å². The van der Waals surface area contributed by atoms with E-state index in [4.69, 9.17) is 4.74 Å². The van der Waals surface area contributed by atoms with Gasteiger partial charge in [-0.25, -0.2) is 9.67 Å². The van der Waals surface area contributed by atoms with Gasteiger partial charge in [0.15, 0.2) is 5.82 Å². The van der Waals surface area contributed by atoms with Gasteiger partial charge in [-0.2, -0.15) is 0 Å². The standard InChI is InChI=1S/C16H15N3O2/c1-21-14-7-5-12(6-8-14)10-13-11-16(20)19(18-13)15-4-2-3-9-17-15/h2-9,11,18H,10H2,1H3. The SMILES string of the molecule is COc1ccc(Cc2cc(=O)n(-c3ccccn3)[nH]2)cc1. The molecule has 5 heteroatoms. The number of nitrogens with zero attached hydrogens (tertiary/aromatic N) is 2. The van der Waals surface area contributed by atoms with Gasteiger partial charge in [0.2, 0.25) is 0 Å². The molecule has 2 heterocycles. The molecule has 5 nitrogen and oxygen atoms in total. The van der Waals surface area contributed by atoms with Gasteiger partial charge >= 0.3 is 0 Å². The molecule has 0 aliphatic rings. The van der Waals surface area contributed by atoms with Gasteiger partial charge in [-0.1, -0.05) is 18.2 Å². The first-order valence-electron chi connectivity index (χ1n) is 6.61. The first-order valence-corrected chi connectivity index (χ1v) is 6.61. The van der Waals surface area contributed by atoms with Crippen molar-refractivity contribution in [2.75, 3.05) is 7.11 Å². The third kappa shape index (κ3) is 2.86. The number of aromatic amines is 1. The van der Waals surface area contributed by atoms with Crippen LogP contribution in [0.25, 0.3) is 5.82 Å². The Balaban J connectivity index is 1.85. The molecule has 1 aromatic carbocycles. The second kappa shape index (κ2) is 5.66. The van der Waals surface area contributed by atoms with Gasteiger partial charge in [-0.15, -0.1) is 0 Å². The zero-order chi connectivity index (χ0) is 14.7. The fourth-order valence-electron chi connectivity index (χ4n) is 2.15. The summed E-state index contributed by atoms with van der Waals surface area (Å²) in [5, 5.41) is 3.09. The molecule has 0 saturated carbocycles. The maximum absolute atomic E-state index is 12.0. The van der Waals surface area contributed by atoms with Gasteiger partial charge in [0.05, 0.1) is 7.11 Å². The second-order valence-electron chi connectivity index (χ2n) is 4.67.